The van der Waals surface area contributed by atoms with E-state index < -0.39 is 0 Å². The van der Waals surface area contributed by atoms with Crippen LogP contribution in [0.4, 0.5) is 0 Å². The first-order chi connectivity index (χ1) is 10.7. The van der Waals surface area contributed by atoms with Gasteiger partial charge in [0, 0.05) is 26.1 Å². The van der Waals surface area contributed by atoms with Crippen molar-refractivity contribution in [3.05, 3.63) is 47.0 Å². The predicted molar refractivity (Wildman–Crippen MR) is 86.7 cm³/mol. The highest BCUT2D eigenvalue weighted by molar-refractivity contribution is 5.22. The molecule has 1 fully saturated rings. The molecule has 116 valence electrons. The minimum absolute atomic E-state index is 0.577. The topological polar surface area (TPSA) is 34.0 Å². The molecule has 0 bridgehead atoms. The molecule has 2 aliphatic rings. The quantitative estimate of drug-likeness (QED) is 0.873. The Morgan fingerprint density at radius 3 is 2.64 bits per heavy atom. The Morgan fingerprint density at radius 1 is 1.09 bits per heavy atom. The van der Waals surface area contributed by atoms with Crippen molar-refractivity contribution in [1.29, 1.82) is 0 Å². The van der Waals surface area contributed by atoms with Crippen LogP contribution in [0.2, 0.25) is 0 Å². The molecule has 0 radical (unpaired) electrons. The summed E-state index contributed by atoms with van der Waals surface area (Å²) in [6.07, 6.45) is 3.46. The minimum Gasteiger partial charge on any atom is -0.310 e. The van der Waals surface area contributed by atoms with Crippen LogP contribution in [0.25, 0.3) is 0 Å². The summed E-state index contributed by atoms with van der Waals surface area (Å²) in [7, 11) is 0. The van der Waals surface area contributed by atoms with Crippen molar-refractivity contribution >= 4 is 0 Å². The van der Waals surface area contributed by atoms with E-state index in [0.717, 1.165) is 37.7 Å². The van der Waals surface area contributed by atoms with Crippen LogP contribution in [-0.2, 0) is 19.4 Å². The summed E-state index contributed by atoms with van der Waals surface area (Å²) in [5.74, 6) is 3.03. The number of nitrogens with zero attached hydrogens (tertiary/aromatic N) is 4. The van der Waals surface area contributed by atoms with Crippen LogP contribution in [0.3, 0.4) is 0 Å². The third kappa shape index (κ3) is 2.35. The lowest BCUT2D eigenvalue weighted by molar-refractivity contribution is 0.313. The Bertz CT molecular complexity index is 658. The van der Waals surface area contributed by atoms with Crippen LogP contribution >= 0.6 is 0 Å². The third-order valence-corrected chi connectivity index (χ3v) is 5.33. The molecule has 0 aliphatic carbocycles. The van der Waals surface area contributed by atoms with Crippen LogP contribution in [0, 0.1) is 12.8 Å². The van der Waals surface area contributed by atoms with E-state index in [4.69, 9.17) is 0 Å². The Morgan fingerprint density at radius 2 is 1.86 bits per heavy atom. The van der Waals surface area contributed by atoms with Crippen molar-refractivity contribution in [2.45, 2.75) is 45.7 Å². The Kier molecular flexibility index (Phi) is 3.49. The van der Waals surface area contributed by atoms with Crippen LogP contribution in [0.5, 0.6) is 0 Å². The molecule has 4 heteroatoms. The second-order valence-corrected chi connectivity index (χ2v) is 6.76. The van der Waals surface area contributed by atoms with Crippen LogP contribution in [0.15, 0.2) is 24.3 Å². The van der Waals surface area contributed by atoms with Gasteiger partial charge in [0.25, 0.3) is 0 Å². The van der Waals surface area contributed by atoms with E-state index in [9.17, 15) is 0 Å². The molecule has 1 aromatic carbocycles. The van der Waals surface area contributed by atoms with Crippen molar-refractivity contribution in [3.8, 4) is 0 Å². The standard InChI is InChI=1S/C18H24N4/c1-3-14-4-6-15(7-5-14)10-21-11-16-8-9-18-20-19-13(2)22(18)17(16)12-21/h4-7,16-17H,3,8-12H2,1-2H3/t16-,17+/m1/s1. The van der Waals surface area contributed by atoms with Crippen molar-refractivity contribution in [2.75, 3.05) is 13.1 Å². The fourth-order valence-electron chi connectivity index (χ4n) is 4.11. The summed E-state index contributed by atoms with van der Waals surface area (Å²) in [4.78, 5) is 2.60. The van der Waals surface area contributed by atoms with Crippen molar-refractivity contribution in [2.24, 2.45) is 5.92 Å². The fraction of sp³-hybridized carbons (Fsp3) is 0.556. The number of hydrogen-bond donors (Lipinski definition) is 0. The molecule has 2 aliphatic heterocycles. The average molecular weight is 296 g/mol. The van der Waals surface area contributed by atoms with Crippen LogP contribution in [0.1, 0.15) is 42.2 Å². The van der Waals surface area contributed by atoms with Gasteiger partial charge >= 0.3 is 0 Å². The average Bonchev–Trinajstić information content (AvgIpc) is 3.11. The van der Waals surface area contributed by atoms with Crippen molar-refractivity contribution in [1.82, 2.24) is 19.7 Å². The van der Waals surface area contributed by atoms with Gasteiger partial charge in [-0.3, -0.25) is 4.90 Å². The van der Waals surface area contributed by atoms with Gasteiger partial charge in [-0.2, -0.15) is 0 Å². The molecule has 0 amide bonds. The molecular weight excluding hydrogens is 272 g/mol. The molecule has 1 aromatic heterocycles. The molecule has 3 heterocycles. The highest BCUT2D eigenvalue weighted by atomic mass is 15.3. The van der Waals surface area contributed by atoms with Gasteiger partial charge in [0.2, 0.25) is 0 Å². The lowest BCUT2D eigenvalue weighted by Crippen LogP contribution is -2.26. The second-order valence-electron chi connectivity index (χ2n) is 6.76. The minimum atomic E-state index is 0.577. The first kappa shape index (κ1) is 13.9. The molecule has 4 nitrogen and oxygen atoms in total. The van der Waals surface area contributed by atoms with E-state index in [1.807, 2.05) is 0 Å². The zero-order chi connectivity index (χ0) is 15.1. The Balaban J connectivity index is 1.49. The predicted octanol–water partition coefficient (Wildman–Crippen LogP) is 2.77. The normalized spacial score (nSPS) is 24.3. The van der Waals surface area contributed by atoms with Crippen molar-refractivity contribution < 1.29 is 0 Å². The van der Waals surface area contributed by atoms with E-state index in [0.29, 0.717) is 6.04 Å². The number of fused-ring (bicyclic) bond motifs is 3. The Labute approximate surface area is 132 Å². The van der Waals surface area contributed by atoms with Gasteiger partial charge < -0.3 is 4.57 Å². The number of likely N-dealkylation sites (tertiary alicyclic amines) is 1. The molecule has 0 spiro atoms. The highest BCUT2D eigenvalue weighted by Crippen LogP contribution is 2.37. The SMILES string of the molecule is CCc1ccc(CN2C[C@H]3CCc4nnc(C)n4[C@H]3C2)cc1. The third-order valence-electron chi connectivity index (χ3n) is 5.33. The number of aromatic nitrogens is 3. The molecule has 1 saturated heterocycles. The van der Waals surface area contributed by atoms with E-state index in [1.54, 1.807) is 0 Å². The number of aryl methyl sites for hydroxylation is 3. The fourth-order valence-corrected chi connectivity index (χ4v) is 4.11. The largest absolute Gasteiger partial charge is 0.310 e. The summed E-state index contributed by atoms with van der Waals surface area (Å²) in [6, 6.07) is 9.68. The van der Waals surface area contributed by atoms with Crippen LogP contribution < -0.4 is 0 Å². The molecule has 0 unspecified atom stereocenters. The van der Waals surface area contributed by atoms with Gasteiger partial charge in [-0.1, -0.05) is 31.2 Å². The first-order valence-electron chi connectivity index (χ1n) is 8.45. The lowest BCUT2D eigenvalue weighted by atomic mass is 9.94. The zero-order valence-electron chi connectivity index (χ0n) is 13.5. The first-order valence-corrected chi connectivity index (χ1v) is 8.45. The van der Waals surface area contributed by atoms with E-state index >= 15 is 0 Å². The van der Waals surface area contributed by atoms with Gasteiger partial charge in [0.05, 0.1) is 6.04 Å². The van der Waals surface area contributed by atoms with E-state index in [2.05, 4.69) is 57.8 Å². The summed E-state index contributed by atoms with van der Waals surface area (Å²) in [5, 5.41) is 8.62. The molecule has 4 rings (SSSR count). The highest BCUT2D eigenvalue weighted by Gasteiger charge is 2.38. The molecule has 22 heavy (non-hydrogen) atoms. The molecule has 2 aromatic rings. The van der Waals surface area contributed by atoms with E-state index in [1.165, 1.54) is 29.9 Å². The lowest BCUT2D eigenvalue weighted by Gasteiger charge is -2.27. The second kappa shape index (κ2) is 5.51. The van der Waals surface area contributed by atoms with Gasteiger partial charge in [-0.25, -0.2) is 0 Å². The van der Waals surface area contributed by atoms with E-state index in [-0.39, 0.29) is 0 Å². The molecule has 0 N–H and O–H groups in total. The van der Waals surface area contributed by atoms with Crippen LogP contribution in [-0.4, -0.2) is 32.8 Å². The number of rotatable bonds is 3. The maximum atomic E-state index is 4.34. The molecule has 2 atom stereocenters. The smallest absolute Gasteiger partial charge is 0.133 e. The summed E-state index contributed by atoms with van der Waals surface area (Å²) < 4.78 is 2.40. The summed E-state index contributed by atoms with van der Waals surface area (Å²) in [6.45, 7) is 7.70. The van der Waals surface area contributed by atoms with Gasteiger partial charge in [0.1, 0.15) is 11.6 Å². The zero-order valence-corrected chi connectivity index (χ0v) is 13.5. The maximum absolute atomic E-state index is 4.34. The summed E-state index contributed by atoms with van der Waals surface area (Å²) >= 11 is 0. The summed E-state index contributed by atoms with van der Waals surface area (Å²) in [5.41, 5.74) is 2.85. The number of hydrogen-bond acceptors (Lipinski definition) is 3. The monoisotopic (exact) mass is 296 g/mol. The van der Waals surface area contributed by atoms with Gasteiger partial charge in [-0.15, -0.1) is 10.2 Å². The van der Waals surface area contributed by atoms with Gasteiger partial charge in [0.15, 0.2) is 0 Å². The van der Waals surface area contributed by atoms with Gasteiger partial charge in [-0.05, 0) is 36.8 Å². The molecular formula is C18H24N4. The Hall–Kier alpha value is -1.68. The maximum Gasteiger partial charge on any atom is 0.133 e. The van der Waals surface area contributed by atoms with Crippen molar-refractivity contribution in [3.63, 3.8) is 0 Å². The molecule has 0 saturated carbocycles. The number of benzene rings is 1.